The van der Waals surface area contributed by atoms with Gasteiger partial charge in [0.25, 0.3) is 0 Å². The molecule has 0 aliphatic carbocycles. The van der Waals surface area contributed by atoms with Crippen LogP contribution in [0.15, 0.2) is 30.3 Å². The fourth-order valence-electron chi connectivity index (χ4n) is 3.71. The van der Waals surface area contributed by atoms with E-state index in [1.54, 1.807) is 0 Å². The minimum atomic E-state index is -0.136. The molecule has 21 heavy (non-hydrogen) atoms. The highest BCUT2D eigenvalue weighted by atomic mass is 16.6. The van der Waals surface area contributed by atoms with E-state index >= 15 is 0 Å². The van der Waals surface area contributed by atoms with Gasteiger partial charge in [-0.2, -0.15) is 0 Å². The summed E-state index contributed by atoms with van der Waals surface area (Å²) in [5.41, 5.74) is 1.04. The van der Waals surface area contributed by atoms with Crippen LogP contribution in [-0.4, -0.2) is 36.2 Å². The second-order valence-electron chi connectivity index (χ2n) is 6.14. The van der Waals surface area contributed by atoms with Crippen molar-refractivity contribution in [3.8, 4) is 0 Å². The summed E-state index contributed by atoms with van der Waals surface area (Å²) in [5.74, 6) is 0. The highest BCUT2D eigenvalue weighted by molar-refractivity contribution is 5.69. The van der Waals surface area contributed by atoms with Gasteiger partial charge in [-0.25, -0.2) is 4.79 Å². The molecule has 2 heterocycles. The van der Waals surface area contributed by atoms with Crippen LogP contribution in [0.2, 0.25) is 0 Å². The summed E-state index contributed by atoms with van der Waals surface area (Å²) in [6.07, 6.45) is 5.40. The number of amides is 1. The Bertz CT molecular complexity index is 463. The molecule has 4 nitrogen and oxygen atoms in total. The van der Waals surface area contributed by atoms with Crippen molar-refractivity contribution in [1.29, 1.82) is 0 Å². The van der Waals surface area contributed by atoms with E-state index in [1.807, 2.05) is 42.3 Å². The maximum absolute atomic E-state index is 12.5. The Kier molecular flexibility index (Phi) is 4.44. The lowest BCUT2D eigenvalue weighted by molar-refractivity contribution is 0.0113. The van der Waals surface area contributed by atoms with Gasteiger partial charge in [-0.1, -0.05) is 30.3 Å². The molecule has 1 N–H and O–H groups in total. The van der Waals surface area contributed by atoms with Crippen molar-refractivity contribution in [2.45, 2.75) is 56.8 Å². The molecule has 0 radical (unpaired) electrons. The molecule has 4 heteroatoms. The highest BCUT2D eigenvalue weighted by Gasteiger charge is 2.41. The molecule has 0 aromatic heterocycles. The van der Waals surface area contributed by atoms with Gasteiger partial charge in [0.2, 0.25) is 0 Å². The van der Waals surface area contributed by atoms with Crippen LogP contribution in [0.3, 0.4) is 0 Å². The summed E-state index contributed by atoms with van der Waals surface area (Å²) in [7, 11) is 2.02. The fourth-order valence-corrected chi connectivity index (χ4v) is 3.71. The van der Waals surface area contributed by atoms with Crippen LogP contribution in [0.25, 0.3) is 0 Å². The van der Waals surface area contributed by atoms with Crippen LogP contribution < -0.4 is 5.32 Å². The third-order valence-corrected chi connectivity index (χ3v) is 4.80. The van der Waals surface area contributed by atoms with Crippen LogP contribution >= 0.6 is 0 Å². The van der Waals surface area contributed by atoms with Crippen LogP contribution in [0.1, 0.15) is 37.7 Å². The first-order chi connectivity index (χ1) is 10.3. The molecule has 2 aliphatic rings. The van der Waals surface area contributed by atoms with Gasteiger partial charge in [0.05, 0.1) is 0 Å². The first kappa shape index (κ1) is 14.4. The first-order valence-electron chi connectivity index (χ1n) is 7.94. The van der Waals surface area contributed by atoms with E-state index in [0.717, 1.165) is 31.2 Å². The summed E-state index contributed by atoms with van der Waals surface area (Å²) in [6.45, 7) is 0.366. The van der Waals surface area contributed by atoms with E-state index in [-0.39, 0.29) is 6.09 Å². The van der Waals surface area contributed by atoms with Gasteiger partial charge in [-0.3, -0.25) is 0 Å². The predicted octanol–water partition coefficient (Wildman–Crippen LogP) is 2.93. The van der Waals surface area contributed by atoms with Crippen LogP contribution in [0.5, 0.6) is 0 Å². The van der Waals surface area contributed by atoms with Gasteiger partial charge < -0.3 is 15.0 Å². The number of fused-ring (bicyclic) bond motifs is 2. The molecule has 2 bridgehead atoms. The number of ether oxygens (including phenoxy) is 1. The van der Waals surface area contributed by atoms with Gasteiger partial charge in [-0.05, 0) is 44.7 Å². The SMILES string of the molecule is CNC1C[C@H]2CCC[C@@H](C1)N2C(=O)OCc1ccccc1. The Morgan fingerprint density at radius 3 is 2.52 bits per heavy atom. The second-order valence-corrected chi connectivity index (χ2v) is 6.14. The Labute approximate surface area is 126 Å². The zero-order valence-corrected chi connectivity index (χ0v) is 12.6. The van der Waals surface area contributed by atoms with E-state index in [9.17, 15) is 4.79 Å². The second kappa shape index (κ2) is 6.48. The van der Waals surface area contributed by atoms with E-state index in [0.29, 0.717) is 24.7 Å². The average Bonchev–Trinajstić information content (AvgIpc) is 2.52. The maximum atomic E-state index is 12.5. The van der Waals surface area contributed by atoms with Crippen molar-refractivity contribution < 1.29 is 9.53 Å². The number of benzene rings is 1. The largest absolute Gasteiger partial charge is 0.445 e. The summed E-state index contributed by atoms with van der Waals surface area (Å²) in [5, 5.41) is 3.37. The predicted molar refractivity (Wildman–Crippen MR) is 82.0 cm³/mol. The Morgan fingerprint density at radius 1 is 1.24 bits per heavy atom. The van der Waals surface area contributed by atoms with Crippen LogP contribution in [0, 0.1) is 0 Å². The smallest absolute Gasteiger partial charge is 0.410 e. The quantitative estimate of drug-likeness (QED) is 0.930. The van der Waals surface area contributed by atoms with Gasteiger partial charge >= 0.3 is 6.09 Å². The minimum absolute atomic E-state index is 0.136. The van der Waals surface area contributed by atoms with E-state index in [1.165, 1.54) is 6.42 Å². The molecule has 0 saturated carbocycles. The summed E-state index contributed by atoms with van der Waals surface area (Å²) in [6, 6.07) is 11.1. The lowest BCUT2D eigenvalue weighted by Crippen LogP contribution is -2.57. The van der Waals surface area contributed by atoms with Gasteiger partial charge in [-0.15, -0.1) is 0 Å². The van der Waals surface area contributed by atoms with Crippen molar-refractivity contribution in [2.24, 2.45) is 0 Å². The average molecular weight is 288 g/mol. The van der Waals surface area contributed by atoms with Crippen molar-refractivity contribution in [1.82, 2.24) is 10.2 Å². The number of carbonyl (C=O) groups is 1. The number of piperidine rings is 2. The molecular formula is C17H24N2O2. The molecule has 0 spiro atoms. The number of rotatable bonds is 3. The lowest BCUT2D eigenvalue weighted by atomic mass is 9.82. The third kappa shape index (κ3) is 3.21. The van der Waals surface area contributed by atoms with Gasteiger partial charge in [0, 0.05) is 18.1 Å². The number of nitrogens with one attached hydrogen (secondary N) is 1. The normalized spacial score (nSPS) is 28.2. The summed E-state index contributed by atoms with van der Waals surface area (Å²) in [4.78, 5) is 14.5. The van der Waals surface area contributed by atoms with E-state index in [4.69, 9.17) is 4.74 Å². The number of hydrogen-bond acceptors (Lipinski definition) is 3. The Balaban J connectivity index is 1.61. The minimum Gasteiger partial charge on any atom is -0.445 e. The molecule has 2 aliphatic heterocycles. The monoisotopic (exact) mass is 288 g/mol. The Morgan fingerprint density at radius 2 is 1.90 bits per heavy atom. The summed E-state index contributed by atoms with van der Waals surface area (Å²) >= 11 is 0. The number of nitrogens with zero attached hydrogens (tertiary/aromatic N) is 1. The molecule has 1 aromatic carbocycles. The maximum Gasteiger partial charge on any atom is 0.410 e. The van der Waals surface area contributed by atoms with Crippen molar-refractivity contribution in [3.63, 3.8) is 0 Å². The van der Waals surface area contributed by atoms with Crippen molar-refractivity contribution >= 4 is 6.09 Å². The molecular weight excluding hydrogens is 264 g/mol. The van der Waals surface area contributed by atoms with E-state index in [2.05, 4.69) is 5.32 Å². The lowest BCUT2D eigenvalue weighted by Gasteiger charge is -2.48. The number of hydrogen-bond donors (Lipinski definition) is 1. The topological polar surface area (TPSA) is 41.6 Å². The molecule has 3 atom stereocenters. The molecule has 1 aromatic rings. The first-order valence-corrected chi connectivity index (χ1v) is 7.94. The van der Waals surface area contributed by atoms with Crippen molar-refractivity contribution in [2.75, 3.05) is 7.05 Å². The molecule has 114 valence electrons. The standard InChI is InChI=1S/C17H24N2O2/c1-18-14-10-15-8-5-9-16(11-14)19(15)17(20)21-12-13-6-3-2-4-7-13/h2-4,6-7,14-16,18H,5,8-12H2,1H3/t14?,15-,16+. The summed E-state index contributed by atoms with van der Waals surface area (Å²) < 4.78 is 5.54. The zero-order chi connectivity index (χ0) is 14.7. The van der Waals surface area contributed by atoms with Crippen LogP contribution in [-0.2, 0) is 11.3 Å². The zero-order valence-electron chi connectivity index (χ0n) is 12.6. The molecule has 2 saturated heterocycles. The van der Waals surface area contributed by atoms with Crippen LogP contribution in [0.4, 0.5) is 4.79 Å². The van der Waals surface area contributed by atoms with Crippen molar-refractivity contribution in [3.05, 3.63) is 35.9 Å². The highest BCUT2D eigenvalue weighted by Crippen LogP contribution is 2.34. The number of carbonyl (C=O) groups excluding carboxylic acids is 1. The molecule has 1 unspecified atom stereocenters. The Hall–Kier alpha value is -1.55. The third-order valence-electron chi connectivity index (χ3n) is 4.80. The molecule has 1 amide bonds. The van der Waals surface area contributed by atoms with Gasteiger partial charge in [0.1, 0.15) is 6.61 Å². The fraction of sp³-hybridized carbons (Fsp3) is 0.588. The molecule has 3 rings (SSSR count). The van der Waals surface area contributed by atoms with E-state index < -0.39 is 0 Å². The molecule has 2 fully saturated rings. The van der Waals surface area contributed by atoms with Gasteiger partial charge in [0.15, 0.2) is 0 Å².